The van der Waals surface area contributed by atoms with Crippen LogP contribution < -0.4 is 24.8 Å². The number of aromatic nitrogens is 3. The standard InChI is InChI=1S/C36H39ClN6O5S/c1-4-47-28-15-9-8-14-27(28)39-34(45)32-23(2)38-35-40-36(49-22-25-12-6-7-13-26(25)37)41-43(35)33(32)24-16-17-29(30(20-24)46-3)48-21-31(44)42-18-10-5-11-19-42/h6-9,12-17,20,33H,4-5,10-11,18-19,21-22H2,1-3H3,(H,39,45)(H,38,40,41). The quantitative estimate of drug-likeness (QED) is 0.151. The van der Waals surface area contributed by atoms with Crippen LogP contribution in [0.4, 0.5) is 11.6 Å². The molecule has 1 fully saturated rings. The van der Waals surface area contributed by atoms with Crippen LogP contribution in [0.15, 0.2) is 83.2 Å². The highest BCUT2D eigenvalue weighted by molar-refractivity contribution is 7.98. The summed E-state index contributed by atoms with van der Waals surface area (Å²) in [5.41, 5.74) is 3.28. The maximum absolute atomic E-state index is 14.2. The van der Waals surface area contributed by atoms with E-state index in [-0.39, 0.29) is 18.4 Å². The van der Waals surface area contributed by atoms with Gasteiger partial charge in [-0.3, -0.25) is 9.59 Å². The van der Waals surface area contributed by atoms with Gasteiger partial charge in [0, 0.05) is 29.6 Å². The Morgan fingerprint density at radius 1 is 1.00 bits per heavy atom. The molecular weight excluding hydrogens is 664 g/mol. The minimum Gasteiger partial charge on any atom is -0.493 e. The summed E-state index contributed by atoms with van der Waals surface area (Å²) in [6, 6.07) is 19.7. The normalized spacial score (nSPS) is 15.7. The molecule has 2 aliphatic heterocycles. The molecule has 256 valence electrons. The third kappa shape index (κ3) is 7.81. The Kier molecular flexibility index (Phi) is 10.9. The minimum atomic E-state index is -0.685. The van der Waals surface area contributed by atoms with E-state index in [2.05, 4.69) is 10.6 Å². The number of halogens is 1. The Labute approximate surface area is 295 Å². The predicted octanol–water partition coefficient (Wildman–Crippen LogP) is 6.95. The number of rotatable bonds is 12. The zero-order valence-electron chi connectivity index (χ0n) is 27.7. The van der Waals surface area contributed by atoms with E-state index in [1.807, 2.05) is 73.3 Å². The molecular formula is C36H39ClN6O5S. The van der Waals surface area contributed by atoms with Crippen molar-refractivity contribution in [1.29, 1.82) is 0 Å². The van der Waals surface area contributed by atoms with Gasteiger partial charge in [-0.05, 0) is 74.6 Å². The van der Waals surface area contributed by atoms with E-state index in [1.165, 1.54) is 11.8 Å². The van der Waals surface area contributed by atoms with Gasteiger partial charge < -0.3 is 29.7 Å². The first kappa shape index (κ1) is 34.2. The van der Waals surface area contributed by atoms with E-state index in [0.717, 1.165) is 37.9 Å². The van der Waals surface area contributed by atoms with Crippen molar-refractivity contribution in [3.8, 4) is 17.2 Å². The summed E-state index contributed by atoms with van der Waals surface area (Å²) in [4.78, 5) is 33.6. The number of methoxy groups -OCH3 is 1. The van der Waals surface area contributed by atoms with Crippen molar-refractivity contribution < 1.29 is 23.8 Å². The van der Waals surface area contributed by atoms with E-state index < -0.39 is 6.04 Å². The van der Waals surface area contributed by atoms with Crippen LogP contribution in [0.5, 0.6) is 17.2 Å². The number of hydrogen-bond donors (Lipinski definition) is 2. The van der Waals surface area contributed by atoms with Gasteiger partial charge in [0.2, 0.25) is 11.1 Å². The smallest absolute Gasteiger partial charge is 0.260 e. The summed E-state index contributed by atoms with van der Waals surface area (Å²) in [6.07, 6.45) is 3.15. The van der Waals surface area contributed by atoms with Gasteiger partial charge >= 0.3 is 0 Å². The van der Waals surface area contributed by atoms with Crippen molar-refractivity contribution in [2.75, 3.05) is 44.0 Å². The maximum Gasteiger partial charge on any atom is 0.260 e. The molecule has 1 aromatic heterocycles. The molecule has 11 nitrogen and oxygen atoms in total. The average Bonchev–Trinajstić information content (AvgIpc) is 3.53. The highest BCUT2D eigenvalue weighted by Gasteiger charge is 2.35. The van der Waals surface area contributed by atoms with Crippen LogP contribution >= 0.6 is 23.4 Å². The summed E-state index contributed by atoms with van der Waals surface area (Å²) >= 11 is 7.86. The van der Waals surface area contributed by atoms with Gasteiger partial charge in [-0.2, -0.15) is 4.98 Å². The van der Waals surface area contributed by atoms with Gasteiger partial charge in [0.25, 0.3) is 11.8 Å². The van der Waals surface area contributed by atoms with Gasteiger partial charge in [0.05, 0.1) is 25.0 Å². The zero-order chi connectivity index (χ0) is 34.3. The monoisotopic (exact) mass is 702 g/mol. The fraction of sp³-hybridized carbons (Fsp3) is 0.333. The van der Waals surface area contributed by atoms with Crippen LogP contribution in [0.2, 0.25) is 5.02 Å². The number of benzene rings is 3. The maximum atomic E-state index is 14.2. The number of piperidine rings is 1. The Bertz CT molecular complexity index is 1860. The third-order valence-electron chi connectivity index (χ3n) is 8.39. The van der Waals surface area contributed by atoms with E-state index in [9.17, 15) is 9.59 Å². The van der Waals surface area contributed by atoms with Crippen molar-refractivity contribution in [3.05, 3.63) is 94.1 Å². The molecule has 0 aliphatic carbocycles. The molecule has 3 heterocycles. The van der Waals surface area contributed by atoms with Crippen molar-refractivity contribution >= 4 is 46.8 Å². The van der Waals surface area contributed by atoms with Crippen LogP contribution in [0.25, 0.3) is 0 Å². The fourth-order valence-electron chi connectivity index (χ4n) is 5.94. The van der Waals surface area contributed by atoms with Crippen molar-refractivity contribution in [2.45, 2.75) is 50.1 Å². The Morgan fingerprint density at radius 2 is 1.78 bits per heavy atom. The summed E-state index contributed by atoms with van der Waals surface area (Å²) < 4.78 is 19.2. The SMILES string of the molecule is CCOc1ccccc1NC(=O)C1=C(C)Nc2nc(SCc3ccccc3Cl)nn2C1c1ccc(OCC(=O)N2CCCCC2)c(OC)c1. The molecule has 0 saturated carbocycles. The molecule has 2 aliphatic rings. The highest BCUT2D eigenvalue weighted by Crippen LogP contribution is 2.40. The van der Waals surface area contributed by atoms with Crippen LogP contribution in [0.1, 0.15) is 50.3 Å². The second kappa shape index (κ2) is 15.7. The van der Waals surface area contributed by atoms with E-state index >= 15 is 0 Å². The van der Waals surface area contributed by atoms with Crippen LogP contribution in [0.3, 0.4) is 0 Å². The molecule has 49 heavy (non-hydrogen) atoms. The summed E-state index contributed by atoms with van der Waals surface area (Å²) in [6.45, 7) is 5.59. The van der Waals surface area contributed by atoms with Crippen molar-refractivity contribution in [2.24, 2.45) is 0 Å². The van der Waals surface area contributed by atoms with Gasteiger partial charge in [0.15, 0.2) is 18.1 Å². The van der Waals surface area contributed by atoms with Gasteiger partial charge in [-0.1, -0.05) is 59.8 Å². The number of anilines is 2. The number of fused-ring (bicyclic) bond motifs is 1. The van der Waals surface area contributed by atoms with Gasteiger partial charge in [0.1, 0.15) is 11.8 Å². The molecule has 6 rings (SSSR count). The van der Waals surface area contributed by atoms with Crippen LogP contribution in [-0.4, -0.2) is 64.9 Å². The van der Waals surface area contributed by atoms with E-state index in [1.54, 1.807) is 23.9 Å². The largest absolute Gasteiger partial charge is 0.493 e. The van der Waals surface area contributed by atoms with E-state index in [4.69, 9.17) is 35.9 Å². The number of hydrogen-bond acceptors (Lipinski definition) is 9. The number of thioether (sulfide) groups is 1. The molecule has 2 N–H and O–H groups in total. The third-order valence-corrected chi connectivity index (χ3v) is 9.65. The van der Waals surface area contributed by atoms with Gasteiger partial charge in [-0.15, -0.1) is 5.10 Å². The van der Waals surface area contributed by atoms with Crippen molar-refractivity contribution in [1.82, 2.24) is 19.7 Å². The van der Waals surface area contributed by atoms with Gasteiger partial charge in [-0.25, -0.2) is 4.68 Å². The number of para-hydroxylation sites is 2. The second-order valence-corrected chi connectivity index (χ2v) is 13.0. The topological polar surface area (TPSA) is 120 Å². The van der Waals surface area contributed by atoms with E-state index in [0.29, 0.717) is 68.3 Å². The molecule has 2 amide bonds. The number of likely N-dealkylation sites (tertiary alicyclic amines) is 1. The Morgan fingerprint density at radius 3 is 2.55 bits per heavy atom. The number of nitrogens with zero attached hydrogens (tertiary/aromatic N) is 4. The first-order chi connectivity index (χ1) is 23.9. The lowest BCUT2D eigenvalue weighted by atomic mass is 9.94. The molecule has 0 bridgehead atoms. The first-order valence-corrected chi connectivity index (χ1v) is 17.6. The molecule has 1 saturated heterocycles. The molecule has 1 unspecified atom stereocenters. The fourth-order valence-corrected chi connectivity index (χ4v) is 7.06. The summed E-state index contributed by atoms with van der Waals surface area (Å²) in [5, 5.41) is 12.4. The summed E-state index contributed by atoms with van der Waals surface area (Å²) in [5.74, 6) is 2.09. The Hall–Kier alpha value is -4.68. The molecule has 1 atom stereocenters. The molecule has 0 spiro atoms. The Balaban J connectivity index is 1.32. The lowest BCUT2D eigenvalue weighted by Gasteiger charge is -2.29. The number of nitrogens with one attached hydrogen (secondary N) is 2. The average molecular weight is 703 g/mol. The highest BCUT2D eigenvalue weighted by atomic mass is 35.5. The predicted molar refractivity (Wildman–Crippen MR) is 191 cm³/mol. The number of allylic oxidation sites excluding steroid dienone is 1. The lowest BCUT2D eigenvalue weighted by molar-refractivity contribution is -0.134. The van der Waals surface area contributed by atoms with Crippen molar-refractivity contribution in [3.63, 3.8) is 0 Å². The zero-order valence-corrected chi connectivity index (χ0v) is 29.3. The molecule has 4 aromatic rings. The van der Waals surface area contributed by atoms with Crippen LogP contribution in [0, 0.1) is 0 Å². The number of carbonyl (C=O) groups is 2. The number of amides is 2. The van der Waals surface area contributed by atoms with Crippen LogP contribution in [-0.2, 0) is 15.3 Å². The first-order valence-electron chi connectivity index (χ1n) is 16.3. The number of carbonyl (C=O) groups excluding carboxylic acids is 2. The molecule has 13 heteroatoms. The summed E-state index contributed by atoms with van der Waals surface area (Å²) in [7, 11) is 1.55. The number of ether oxygens (including phenoxy) is 3. The minimum absolute atomic E-state index is 0.0527. The molecule has 0 radical (unpaired) electrons. The lowest BCUT2D eigenvalue weighted by Crippen LogP contribution is -2.38. The second-order valence-electron chi connectivity index (χ2n) is 11.6. The molecule has 3 aromatic carbocycles.